The molecule has 1 saturated carbocycles. The lowest BCUT2D eigenvalue weighted by molar-refractivity contribution is 0.838. The Morgan fingerprint density at radius 3 is 2.62 bits per heavy atom. The van der Waals surface area contributed by atoms with Gasteiger partial charge in [-0.15, -0.1) is 0 Å². The van der Waals surface area contributed by atoms with Crippen molar-refractivity contribution in [2.75, 3.05) is 0 Å². The van der Waals surface area contributed by atoms with Crippen molar-refractivity contribution in [3.63, 3.8) is 0 Å². The summed E-state index contributed by atoms with van der Waals surface area (Å²) in [4.78, 5) is 0. The zero-order chi connectivity index (χ0) is 16.7. The molecule has 0 saturated heterocycles. The number of para-hydroxylation sites is 1. The van der Waals surface area contributed by atoms with Crippen LogP contribution in [0.15, 0.2) is 48.5 Å². The van der Waals surface area contributed by atoms with Gasteiger partial charge in [-0.3, -0.25) is 9.67 Å². The van der Waals surface area contributed by atoms with Crippen LogP contribution in [0.3, 0.4) is 0 Å². The first-order valence-electron chi connectivity index (χ1n) is 8.51. The zero-order valence-electron chi connectivity index (χ0n) is 14.0. The minimum atomic E-state index is 0.436. The highest BCUT2D eigenvalue weighted by Crippen LogP contribution is 2.54. The summed E-state index contributed by atoms with van der Waals surface area (Å²) in [5.74, 6) is 2.04. The molecule has 0 radical (unpaired) electrons. The summed E-state index contributed by atoms with van der Waals surface area (Å²) >= 11 is 5.53. The second-order valence-corrected chi connectivity index (χ2v) is 6.95. The van der Waals surface area contributed by atoms with Crippen molar-refractivity contribution in [3.8, 4) is 5.69 Å². The van der Waals surface area contributed by atoms with E-state index in [-0.39, 0.29) is 0 Å². The van der Waals surface area contributed by atoms with Gasteiger partial charge in [-0.2, -0.15) is 5.10 Å². The Bertz CT molecular complexity index is 921. The van der Waals surface area contributed by atoms with E-state index >= 15 is 0 Å². The molecule has 1 aliphatic rings. The van der Waals surface area contributed by atoms with Crippen molar-refractivity contribution in [2.24, 2.45) is 0 Å². The Morgan fingerprint density at radius 2 is 1.88 bits per heavy atom. The van der Waals surface area contributed by atoms with Crippen LogP contribution in [0.4, 0.5) is 0 Å². The third-order valence-electron chi connectivity index (χ3n) is 4.94. The lowest BCUT2D eigenvalue weighted by Crippen LogP contribution is -2.04. The van der Waals surface area contributed by atoms with Gasteiger partial charge in [-0.05, 0) is 55.1 Å². The molecule has 1 fully saturated rings. The molecule has 122 valence electrons. The molecule has 1 N–H and O–H groups in total. The van der Waals surface area contributed by atoms with Crippen molar-refractivity contribution in [1.29, 1.82) is 0 Å². The number of nitrogens with one attached hydrogen (secondary N) is 1. The van der Waals surface area contributed by atoms with E-state index in [0.29, 0.717) is 16.6 Å². The molecule has 2 atom stereocenters. The normalized spacial score (nSPS) is 19.4. The maximum absolute atomic E-state index is 5.53. The average molecular weight is 335 g/mol. The van der Waals surface area contributed by atoms with Crippen LogP contribution in [-0.4, -0.2) is 14.8 Å². The van der Waals surface area contributed by atoms with E-state index in [1.165, 1.54) is 16.7 Å². The quantitative estimate of drug-likeness (QED) is 0.675. The maximum atomic E-state index is 5.53. The molecule has 3 aromatic rings. The predicted molar refractivity (Wildman–Crippen MR) is 99.4 cm³/mol. The van der Waals surface area contributed by atoms with Gasteiger partial charge in [0.25, 0.3) is 0 Å². The topological polar surface area (TPSA) is 33.6 Å². The summed E-state index contributed by atoms with van der Waals surface area (Å²) in [5.41, 5.74) is 5.15. The van der Waals surface area contributed by atoms with Gasteiger partial charge in [0.2, 0.25) is 0 Å². The molecule has 4 rings (SSSR count). The van der Waals surface area contributed by atoms with Crippen LogP contribution in [0.1, 0.15) is 47.7 Å². The lowest BCUT2D eigenvalue weighted by atomic mass is 10.1. The first kappa shape index (κ1) is 15.3. The van der Waals surface area contributed by atoms with Crippen LogP contribution in [0, 0.1) is 11.7 Å². The van der Waals surface area contributed by atoms with E-state index in [9.17, 15) is 0 Å². The third-order valence-corrected chi connectivity index (χ3v) is 5.21. The number of hydrogen-bond donors (Lipinski definition) is 1. The molecule has 0 spiro atoms. The Kier molecular flexibility index (Phi) is 3.85. The minimum Gasteiger partial charge on any atom is -0.272 e. The molecule has 4 heteroatoms. The second-order valence-electron chi connectivity index (χ2n) is 6.56. The first-order chi connectivity index (χ1) is 11.7. The summed E-state index contributed by atoms with van der Waals surface area (Å²) in [7, 11) is 0. The van der Waals surface area contributed by atoms with Gasteiger partial charge >= 0.3 is 0 Å². The number of hydrogen-bond acceptors (Lipinski definition) is 2. The molecule has 2 aromatic carbocycles. The number of aromatic amines is 1. The van der Waals surface area contributed by atoms with Crippen LogP contribution in [0.25, 0.3) is 5.69 Å². The molecule has 0 aliphatic heterocycles. The second kappa shape index (κ2) is 6.02. The monoisotopic (exact) mass is 335 g/mol. The van der Waals surface area contributed by atoms with Crippen LogP contribution in [0.2, 0.25) is 0 Å². The zero-order valence-corrected chi connectivity index (χ0v) is 14.8. The van der Waals surface area contributed by atoms with Gasteiger partial charge in [0.05, 0.1) is 5.69 Å². The van der Waals surface area contributed by atoms with E-state index in [1.807, 2.05) is 0 Å². The minimum absolute atomic E-state index is 0.436. The van der Waals surface area contributed by atoms with Gasteiger partial charge in [-0.1, -0.05) is 55.0 Å². The highest BCUT2D eigenvalue weighted by atomic mass is 32.1. The van der Waals surface area contributed by atoms with Gasteiger partial charge in [0.15, 0.2) is 4.77 Å². The van der Waals surface area contributed by atoms with Crippen molar-refractivity contribution >= 4 is 12.2 Å². The smallest absolute Gasteiger partial charge is 0.199 e. The number of benzene rings is 2. The average Bonchev–Trinajstić information content (AvgIpc) is 3.31. The van der Waals surface area contributed by atoms with Crippen LogP contribution in [0.5, 0.6) is 0 Å². The number of aromatic nitrogens is 3. The van der Waals surface area contributed by atoms with Crippen molar-refractivity contribution in [3.05, 3.63) is 75.8 Å². The van der Waals surface area contributed by atoms with Gasteiger partial charge in [-0.25, -0.2) is 0 Å². The lowest BCUT2D eigenvalue weighted by Gasteiger charge is -2.11. The van der Waals surface area contributed by atoms with Crippen LogP contribution >= 0.6 is 12.2 Å². The molecular weight excluding hydrogens is 314 g/mol. The molecular formula is C20H21N3S. The van der Waals surface area contributed by atoms with Crippen LogP contribution < -0.4 is 0 Å². The summed E-state index contributed by atoms with van der Waals surface area (Å²) in [6.07, 6.45) is 2.12. The van der Waals surface area contributed by atoms with Gasteiger partial charge in [0.1, 0.15) is 5.82 Å². The molecule has 24 heavy (non-hydrogen) atoms. The predicted octanol–water partition coefficient (Wildman–Crippen LogP) is 5.07. The molecule has 2 unspecified atom stereocenters. The van der Waals surface area contributed by atoms with Crippen molar-refractivity contribution < 1.29 is 0 Å². The Morgan fingerprint density at radius 1 is 1.12 bits per heavy atom. The fourth-order valence-corrected chi connectivity index (χ4v) is 3.72. The van der Waals surface area contributed by atoms with Crippen molar-refractivity contribution in [1.82, 2.24) is 14.8 Å². The van der Waals surface area contributed by atoms with E-state index < -0.39 is 0 Å². The highest BCUT2D eigenvalue weighted by molar-refractivity contribution is 7.71. The van der Waals surface area contributed by atoms with Crippen molar-refractivity contribution in [2.45, 2.75) is 38.5 Å². The standard InChI is InChI=1S/C20H21N3S/c1-3-14-6-4-5-7-18(14)23-19(21-22-20(23)24)17-12-16(17)15-10-8-13(2)9-11-15/h4-11,16-17H,3,12H2,1-2H3,(H,22,24). The van der Waals surface area contributed by atoms with E-state index in [1.54, 1.807) is 0 Å². The Labute approximate surface area is 147 Å². The van der Waals surface area contributed by atoms with E-state index in [0.717, 1.165) is 24.4 Å². The Hall–Kier alpha value is -2.20. The largest absolute Gasteiger partial charge is 0.272 e. The summed E-state index contributed by atoms with van der Waals surface area (Å²) in [6.45, 7) is 4.30. The third kappa shape index (κ3) is 2.61. The molecule has 0 amide bonds. The molecule has 3 nitrogen and oxygen atoms in total. The van der Waals surface area contributed by atoms with E-state index in [4.69, 9.17) is 12.2 Å². The van der Waals surface area contributed by atoms with Gasteiger partial charge in [0, 0.05) is 5.92 Å². The Balaban J connectivity index is 1.72. The number of nitrogens with zero attached hydrogens (tertiary/aromatic N) is 2. The summed E-state index contributed by atoms with van der Waals surface area (Å²) in [5, 5.41) is 7.57. The molecule has 1 heterocycles. The summed E-state index contributed by atoms with van der Waals surface area (Å²) in [6, 6.07) is 17.3. The number of rotatable bonds is 4. The summed E-state index contributed by atoms with van der Waals surface area (Å²) < 4.78 is 2.81. The van der Waals surface area contributed by atoms with Gasteiger partial charge < -0.3 is 0 Å². The fourth-order valence-electron chi connectivity index (χ4n) is 3.48. The molecule has 1 aromatic heterocycles. The number of aryl methyl sites for hydroxylation is 2. The highest BCUT2D eigenvalue weighted by Gasteiger charge is 2.43. The molecule has 0 bridgehead atoms. The SMILES string of the molecule is CCc1ccccc1-n1c(C2CC2c2ccc(C)cc2)n[nH]c1=S. The number of H-pyrrole nitrogens is 1. The molecule has 1 aliphatic carbocycles. The van der Waals surface area contributed by atoms with Crippen LogP contribution in [-0.2, 0) is 6.42 Å². The fraction of sp³-hybridized carbons (Fsp3) is 0.300. The van der Waals surface area contributed by atoms with E-state index in [2.05, 4.69) is 77.1 Å². The first-order valence-corrected chi connectivity index (χ1v) is 8.92. The maximum Gasteiger partial charge on any atom is 0.199 e.